The van der Waals surface area contributed by atoms with Crippen molar-refractivity contribution in [3.63, 3.8) is 0 Å². The maximum Gasteiger partial charge on any atom is 0.255 e. The van der Waals surface area contributed by atoms with Gasteiger partial charge in [0.15, 0.2) is 0 Å². The summed E-state index contributed by atoms with van der Waals surface area (Å²) in [5, 5.41) is 6.75. The molecule has 1 amide bonds. The largest absolute Gasteiger partial charge is 0.466 e. The lowest BCUT2D eigenvalue weighted by Crippen LogP contribution is -2.42. The van der Waals surface area contributed by atoms with Crippen molar-refractivity contribution in [2.75, 3.05) is 6.54 Å². The first-order valence-corrected chi connectivity index (χ1v) is 8.13. The van der Waals surface area contributed by atoms with E-state index in [0.717, 1.165) is 54.9 Å². The second-order valence-electron chi connectivity index (χ2n) is 6.19. The van der Waals surface area contributed by atoms with Crippen LogP contribution in [0.3, 0.4) is 0 Å². The van der Waals surface area contributed by atoms with Gasteiger partial charge in [-0.25, -0.2) is 0 Å². The van der Waals surface area contributed by atoms with Crippen LogP contribution in [0.4, 0.5) is 0 Å². The van der Waals surface area contributed by atoms with Crippen molar-refractivity contribution < 1.29 is 9.21 Å². The molecular weight excluding hydrogens is 264 g/mol. The monoisotopic (exact) mass is 292 g/mol. The summed E-state index contributed by atoms with van der Waals surface area (Å²) in [5.41, 5.74) is 1.68. The highest BCUT2D eigenvalue weighted by molar-refractivity contribution is 5.97. The number of nitrogens with one attached hydrogen (secondary N) is 2. The quantitative estimate of drug-likeness (QED) is 0.876. The van der Waals surface area contributed by atoms with Crippen molar-refractivity contribution in [2.45, 2.75) is 71.9 Å². The zero-order valence-electron chi connectivity index (χ0n) is 13.7. The lowest BCUT2D eigenvalue weighted by atomic mass is 9.91. The number of hydrogen-bond donors (Lipinski definition) is 2. The molecule has 0 saturated heterocycles. The molecule has 0 aromatic carbocycles. The lowest BCUT2D eigenvalue weighted by Gasteiger charge is -2.29. The fourth-order valence-corrected chi connectivity index (χ4v) is 3.18. The van der Waals surface area contributed by atoms with E-state index in [9.17, 15) is 4.79 Å². The molecule has 4 nitrogen and oxygen atoms in total. The van der Waals surface area contributed by atoms with E-state index in [1.165, 1.54) is 6.42 Å². The minimum Gasteiger partial charge on any atom is -0.466 e. The Kier molecular flexibility index (Phi) is 5.45. The van der Waals surface area contributed by atoms with Crippen LogP contribution in [0.15, 0.2) is 4.42 Å². The van der Waals surface area contributed by atoms with Crippen molar-refractivity contribution >= 4 is 5.91 Å². The first kappa shape index (κ1) is 16.1. The second-order valence-corrected chi connectivity index (χ2v) is 6.19. The maximum absolute atomic E-state index is 12.4. The molecule has 1 saturated carbocycles. The van der Waals surface area contributed by atoms with Crippen LogP contribution in [0.1, 0.15) is 66.5 Å². The van der Waals surface area contributed by atoms with Crippen LogP contribution in [0.25, 0.3) is 0 Å². The van der Waals surface area contributed by atoms with Gasteiger partial charge in [-0.3, -0.25) is 4.79 Å². The van der Waals surface area contributed by atoms with Gasteiger partial charge in [-0.1, -0.05) is 6.92 Å². The first-order chi connectivity index (χ1) is 10.0. The highest BCUT2D eigenvalue weighted by Crippen LogP contribution is 2.23. The number of hydrogen-bond acceptors (Lipinski definition) is 3. The molecule has 0 unspecified atom stereocenters. The van der Waals surface area contributed by atoms with E-state index in [1.54, 1.807) is 0 Å². The fraction of sp³-hybridized carbons (Fsp3) is 0.706. The molecule has 1 aliphatic rings. The average molecular weight is 292 g/mol. The van der Waals surface area contributed by atoms with E-state index < -0.39 is 0 Å². The minimum absolute atomic E-state index is 0.0202. The predicted molar refractivity (Wildman–Crippen MR) is 84.7 cm³/mol. The Bertz CT molecular complexity index is 485. The van der Waals surface area contributed by atoms with Gasteiger partial charge in [0, 0.05) is 17.6 Å². The number of aryl methyl sites for hydroxylation is 2. The highest BCUT2D eigenvalue weighted by Gasteiger charge is 2.25. The summed E-state index contributed by atoms with van der Waals surface area (Å²) in [6.07, 6.45) is 5.58. The Balaban J connectivity index is 1.87. The van der Waals surface area contributed by atoms with E-state index >= 15 is 0 Å². The Morgan fingerprint density at radius 3 is 2.24 bits per heavy atom. The van der Waals surface area contributed by atoms with Crippen molar-refractivity contribution in [3.05, 3.63) is 22.6 Å². The van der Waals surface area contributed by atoms with Gasteiger partial charge in [0.05, 0.1) is 5.56 Å². The summed E-state index contributed by atoms with van der Waals surface area (Å²) in [6, 6.07) is 0.920. The van der Waals surface area contributed by atoms with E-state index in [1.807, 2.05) is 20.8 Å². The highest BCUT2D eigenvalue weighted by atomic mass is 16.3. The van der Waals surface area contributed by atoms with Crippen LogP contribution in [0.5, 0.6) is 0 Å². The van der Waals surface area contributed by atoms with Crippen LogP contribution in [-0.2, 0) is 0 Å². The average Bonchev–Trinajstić information content (AvgIpc) is 2.71. The minimum atomic E-state index is 0.0202. The molecule has 0 aliphatic heterocycles. The van der Waals surface area contributed by atoms with Crippen molar-refractivity contribution in [1.29, 1.82) is 0 Å². The van der Waals surface area contributed by atoms with E-state index in [-0.39, 0.29) is 5.91 Å². The molecule has 1 heterocycles. The maximum atomic E-state index is 12.4. The zero-order chi connectivity index (χ0) is 15.4. The van der Waals surface area contributed by atoms with Gasteiger partial charge in [-0.2, -0.15) is 0 Å². The summed E-state index contributed by atoms with van der Waals surface area (Å²) < 4.78 is 5.55. The SMILES string of the molecule is CCCNC1CCC(NC(=O)c2c(C)oc(C)c2C)CC1. The van der Waals surface area contributed by atoms with Gasteiger partial charge in [-0.05, 0) is 59.4 Å². The van der Waals surface area contributed by atoms with Crippen LogP contribution in [-0.4, -0.2) is 24.5 Å². The summed E-state index contributed by atoms with van der Waals surface area (Å²) in [6.45, 7) is 9.00. The molecule has 0 bridgehead atoms. The Labute approximate surface area is 127 Å². The van der Waals surface area contributed by atoms with Gasteiger partial charge in [-0.15, -0.1) is 0 Å². The fourth-order valence-electron chi connectivity index (χ4n) is 3.18. The third-order valence-electron chi connectivity index (χ3n) is 4.53. The second kappa shape index (κ2) is 7.12. The molecular formula is C17H28N2O2. The topological polar surface area (TPSA) is 54.3 Å². The normalized spacial score (nSPS) is 22.3. The third-order valence-corrected chi connectivity index (χ3v) is 4.53. The van der Waals surface area contributed by atoms with E-state index in [2.05, 4.69) is 17.6 Å². The standard InChI is InChI=1S/C17H28N2O2/c1-5-10-18-14-6-8-15(9-7-14)19-17(20)16-11(2)12(3)21-13(16)4/h14-15,18H,5-10H2,1-4H3,(H,19,20). The number of carbonyl (C=O) groups excluding carboxylic acids is 1. The first-order valence-electron chi connectivity index (χ1n) is 8.13. The third kappa shape index (κ3) is 3.88. The molecule has 1 aromatic rings. The van der Waals surface area contributed by atoms with Crippen molar-refractivity contribution in [3.8, 4) is 0 Å². The van der Waals surface area contributed by atoms with Crippen LogP contribution in [0, 0.1) is 20.8 Å². The molecule has 1 aromatic heterocycles. The Hall–Kier alpha value is -1.29. The molecule has 2 N–H and O–H groups in total. The Morgan fingerprint density at radius 1 is 1.10 bits per heavy atom. The lowest BCUT2D eigenvalue weighted by molar-refractivity contribution is 0.0922. The molecule has 0 atom stereocenters. The van der Waals surface area contributed by atoms with Crippen LogP contribution < -0.4 is 10.6 Å². The van der Waals surface area contributed by atoms with Crippen molar-refractivity contribution in [2.24, 2.45) is 0 Å². The number of furan rings is 1. The number of rotatable bonds is 5. The van der Waals surface area contributed by atoms with E-state index in [0.29, 0.717) is 12.1 Å². The van der Waals surface area contributed by atoms with Gasteiger partial charge < -0.3 is 15.1 Å². The molecule has 4 heteroatoms. The summed E-state index contributed by atoms with van der Waals surface area (Å²) in [4.78, 5) is 12.4. The van der Waals surface area contributed by atoms with Gasteiger partial charge in [0.1, 0.15) is 11.5 Å². The summed E-state index contributed by atoms with van der Waals surface area (Å²) >= 11 is 0. The molecule has 21 heavy (non-hydrogen) atoms. The van der Waals surface area contributed by atoms with E-state index in [4.69, 9.17) is 4.42 Å². The van der Waals surface area contributed by atoms with Crippen LogP contribution >= 0.6 is 0 Å². The zero-order valence-corrected chi connectivity index (χ0v) is 13.7. The molecule has 118 valence electrons. The van der Waals surface area contributed by atoms with Crippen LogP contribution in [0.2, 0.25) is 0 Å². The van der Waals surface area contributed by atoms with Gasteiger partial charge >= 0.3 is 0 Å². The smallest absolute Gasteiger partial charge is 0.255 e. The molecule has 2 rings (SSSR count). The molecule has 0 radical (unpaired) electrons. The number of carbonyl (C=O) groups is 1. The van der Waals surface area contributed by atoms with Crippen molar-refractivity contribution in [1.82, 2.24) is 10.6 Å². The molecule has 1 fully saturated rings. The summed E-state index contributed by atoms with van der Waals surface area (Å²) in [5.74, 6) is 1.58. The van der Waals surface area contributed by atoms with Gasteiger partial charge in [0.2, 0.25) is 0 Å². The number of amides is 1. The Morgan fingerprint density at radius 2 is 1.71 bits per heavy atom. The van der Waals surface area contributed by atoms with Gasteiger partial charge in [0.25, 0.3) is 5.91 Å². The summed E-state index contributed by atoms with van der Waals surface area (Å²) in [7, 11) is 0. The molecule has 0 spiro atoms. The molecule has 1 aliphatic carbocycles. The predicted octanol–water partition coefficient (Wildman–Crippen LogP) is 3.25.